The van der Waals surface area contributed by atoms with Gasteiger partial charge in [0.2, 0.25) is 5.91 Å². The van der Waals surface area contributed by atoms with Crippen molar-refractivity contribution in [3.8, 4) is 0 Å². The van der Waals surface area contributed by atoms with Crippen LogP contribution in [0.25, 0.3) is 0 Å². The van der Waals surface area contributed by atoms with Gasteiger partial charge in [-0.15, -0.1) is 0 Å². The van der Waals surface area contributed by atoms with Crippen molar-refractivity contribution < 1.29 is 27.2 Å². The van der Waals surface area contributed by atoms with Gasteiger partial charge in [0.05, 0.1) is 5.75 Å². The summed E-state index contributed by atoms with van der Waals surface area (Å²) >= 11 is 0. The molecule has 2 aliphatic rings. The second-order valence-corrected chi connectivity index (χ2v) is 10.1. The Morgan fingerprint density at radius 1 is 1.13 bits per heavy atom. The lowest BCUT2D eigenvalue weighted by atomic mass is 9.92. The summed E-state index contributed by atoms with van der Waals surface area (Å²) in [6, 6.07) is 4.59. The largest absolute Gasteiger partial charge is 0.339 e. The number of hydrogen-bond acceptors (Lipinski definition) is 6. The van der Waals surface area contributed by atoms with E-state index < -0.39 is 33.1 Å². The van der Waals surface area contributed by atoms with Gasteiger partial charge in [0, 0.05) is 39.0 Å². The van der Waals surface area contributed by atoms with E-state index in [9.17, 15) is 27.2 Å². The van der Waals surface area contributed by atoms with Crippen LogP contribution in [-0.4, -0.2) is 92.2 Å². The lowest BCUT2D eigenvalue weighted by molar-refractivity contribution is -0.139. The first-order chi connectivity index (χ1) is 14.0. The Morgan fingerprint density at radius 2 is 1.73 bits per heavy atom. The molecule has 0 saturated carbocycles. The van der Waals surface area contributed by atoms with Gasteiger partial charge < -0.3 is 10.2 Å². The average molecular weight is 440 g/mol. The zero-order chi connectivity index (χ0) is 22.1. The molecule has 4 amide bonds. The highest BCUT2D eigenvalue weighted by molar-refractivity contribution is 7.90. The van der Waals surface area contributed by atoms with Crippen molar-refractivity contribution in [1.29, 1.82) is 0 Å². The third kappa shape index (κ3) is 4.78. The Hall–Kier alpha value is -2.53. The van der Waals surface area contributed by atoms with E-state index >= 15 is 0 Å². The Bertz CT molecular complexity index is 944. The first-order valence-electron chi connectivity index (χ1n) is 9.57. The van der Waals surface area contributed by atoms with Gasteiger partial charge in [0.1, 0.15) is 27.7 Å². The highest BCUT2D eigenvalue weighted by Crippen LogP contribution is 2.29. The van der Waals surface area contributed by atoms with Crippen molar-refractivity contribution in [2.24, 2.45) is 0 Å². The SMILES string of the molecule is CC1(c2ccc(F)cc2)NC(=O)N(CC(=O)N2CCN(CCS(C)(=O)=O)CC2)C1=O. The average Bonchev–Trinajstić information content (AvgIpc) is 2.90. The number of carbonyl (C=O) groups excluding carboxylic acids is 3. The standard InChI is InChI=1S/C19H25FN4O5S/c1-19(14-3-5-15(20)6-4-14)17(26)24(18(27)21-19)13-16(25)23-9-7-22(8-10-23)11-12-30(2,28)29/h3-6H,7-13H2,1-2H3,(H,21,27). The number of sulfone groups is 1. The molecule has 1 N–H and O–H groups in total. The third-order valence-electron chi connectivity index (χ3n) is 5.49. The van der Waals surface area contributed by atoms with E-state index in [0.29, 0.717) is 38.3 Å². The molecule has 9 nitrogen and oxygen atoms in total. The van der Waals surface area contributed by atoms with Gasteiger partial charge in [-0.2, -0.15) is 0 Å². The number of piperazine rings is 1. The van der Waals surface area contributed by atoms with Crippen molar-refractivity contribution in [1.82, 2.24) is 20.0 Å². The van der Waals surface area contributed by atoms with Crippen LogP contribution in [0.4, 0.5) is 9.18 Å². The van der Waals surface area contributed by atoms with Crippen LogP contribution in [0.3, 0.4) is 0 Å². The first-order valence-corrected chi connectivity index (χ1v) is 11.6. The molecule has 0 bridgehead atoms. The minimum absolute atomic E-state index is 0.0609. The summed E-state index contributed by atoms with van der Waals surface area (Å²) in [6.07, 6.45) is 1.19. The van der Waals surface area contributed by atoms with Crippen LogP contribution in [0, 0.1) is 5.82 Å². The summed E-state index contributed by atoms with van der Waals surface area (Å²) in [7, 11) is -3.05. The number of carbonyl (C=O) groups is 3. The van der Waals surface area contributed by atoms with E-state index in [2.05, 4.69) is 5.32 Å². The number of nitrogens with one attached hydrogen (secondary N) is 1. The molecule has 3 rings (SSSR count). The van der Waals surface area contributed by atoms with E-state index in [1.165, 1.54) is 37.4 Å². The van der Waals surface area contributed by atoms with Gasteiger partial charge in [0.25, 0.3) is 5.91 Å². The van der Waals surface area contributed by atoms with Crippen LogP contribution in [0.5, 0.6) is 0 Å². The van der Waals surface area contributed by atoms with Gasteiger partial charge in [-0.25, -0.2) is 17.6 Å². The second kappa shape index (κ2) is 8.31. The molecular formula is C19H25FN4O5S. The van der Waals surface area contributed by atoms with Crippen molar-refractivity contribution in [2.45, 2.75) is 12.5 Å². The molecule has 11 heteroatoms. The van der Waals surface area contributed by atoms with Crippen LogP contribution < -0.4 is 5.32 Å². The summed E-state index contributed by atoms with van der Waals surface area (Å²) in [5, 5.41) is 2.59. The molecule has 0 radical (unpaired) electrons. The number of halogens is 1. The number of rotatable bonds is 6. The predicted molar refractivity (Wildman–Crippen MR) is 107 cm³/mol. The van der Waals surface area contributed by atoms with Crippen LogP contribution in [0.15, 0.2) is 24.3 Å². The summed E-state index contributed by atoms with van der Waals surface area (Å²) < 4.78 is 35.8. The van der Waals surface area contributed by atoms with Gasteiger partial charge in [-0.3, -0.25) is 19.4 Å². The molecule has 30 heavy (non-hydrogen) atoms. The van der Waals surface area contributed by atoms with E-state index in [1.54, 1.807) is 4.90 Å². The van der Waals surface area contributed by atoms with E-state index in [-0.39, 0.29) is 18.2 Å². The topological polar surface area (TPSA) is 107 Å². The van der Waals surface area contributed by atoms with Gasteiger partial charge in [-0.1, -0.05) is 12.1 Å². The van der Waals surface area contributed by atoms with E-state index in [0.717, 1.165) is 4.90 Å². The highest BCUT2D eigenvalue weighted by atomic mass is 32.2. The predicted octanol–water partition coefficient (Wildman–Crippen LogP) is -0.218. The molecule has 1 unspecified atom stereocenters. The molecular weight excluding hydrogens is 415 g/mol. The van der Waals surface area contributed by atoms with Crippen LogP contribution in [0.2, 0.25) is 0 Å². The molecule has 1 aromatic carbocycles. The smallest absolute Gasteiger partial charge is 0.325 e. The van der Waals surface area contributed by atoms with Crippen molar-refractivity contribution >= 4 is 27.7 Å². The molecule has 2 saturated heterocycles. The lowest BCUT2D eigenvalue weighted by Crippen LogP contribution is -2.52. The number of imide groups is 1. The Balaban J connectivity index is 1.59. The molecule has 164 valence electrons. The normalized spacial score (nSPS) is 23.0. The number of urea groups is 1. The minimum atomic E-state index is -3.05. The fourth-order valence-corrected chi connectivity index (χ4v) is 4.16. The number of nitrogens with zero attached hydrogens (tertiary/aromatic N) is 3. The van der Waals surface area contributed by atoms with Crippen LogP contribution >= 0.6 is 0 Å². The van der Waals surface area contributed by atoms with Crippen molar-refractivity contribution in [2.75, 3.05) is 51.3 Å². The fourth-order valence-electron chi connectivity index (χ4n) is 3.57. The summed E-state index contributed by atoms with van der Waals surface area (Å²) in [4.78, 5) is 42.3. The number of amides is 4. The third-order valence-corrected chi connectivity index (χ3v) is 6.42. The van der Waals surface area contributed by atoms with Crippen LogP contribution in [-0.2, 0) is 25.0 Å². The van der Waals surface area contributed by atoms with Crippen molar-refractivity contribution in [3.63, 3.8) is 0 Å². The van der Waals surface area contributed by atoms with Gasteiger partial charge in [0.15, 0.2) is 0 Å². The Labute approximate surface area is 174 Å². The second-order valence-electron chi connectivity index (χ2n) is 7.81. The summed E-state index contributed by atoms with van der Waals surface area (Å²) in [6.45, 7) is 3.37. The highest BCUT2D eigenvalue weighted by Gasteiger charge is 2.49. The quantitative estimate of drug-likeness (QED) is 0.613. The molecule has 0 aromatic heterocycles. The number of hydrogen-bond donors (Lipinski definition) is 1. The maximum Gasteiger partial charge on any atom is 0.325 e. The Kier molecular flexibility index (Phi) is 6.14. The van der Waals surface area contributed by atoms with Crippen LogP contribution in [0.1, 0.15) is 12.5 Å². The lowest BCUT2D eigenvalue weighted by Gasteiger charge is -2.35. The molecule has 0 spiro atoms. The van der Waals surface area contributed by atoms with E-state index in [1.807, 2.05) is 4.90 Å². The van der Waals surface area contributed by atoms with Crippen molar-refractivity contribution in [3.05, 3.63) is 35.6 Å². The molecule has 0 aliphatic carbocycles. The summed E-state index contributed by atoms with van der Waals surface area (Å²) in [5.41, 5.74) is -0.938. The first kappa shape index (κ1) is 22.2. The molecule has 2 aliphatic heterocycles. The Morgan fingerprint density at radius 3 is 2.30 bits per heavy atom. The maximum absolute atomic E-state index is 13.2. The summed E-state index contributed by atoms with van der Waals surface area (Å²) in [5.74, 6) is -1.32. The maximum atomic E-state index is 13.2. The monoisotopic (exact) mass is 440 g/mol. The van der Waals surface area contributed by atoms with E-state index in [4.69, 9.17) is 0 Å². The minimum Gasteiger partial charge on any atom is -0.339 e. The zero-order valence-electron chi connectivity index (χ0n) is 16.9. The zero-order valence-corrected chi connectivity index (χ0v) is 17.7. The molecule has 2 fully saturated rings. The van der Waals surface area contributed by atoms with Gasteiger partial charge in [-0.05, 0) is 24.6 Å². The fraction of sp³-hybridized carbons (Fsp3) is 0.526. The molecule has 1 atom stereocenters. The number of benzene rings is 1. The molecule has 1 aromatic rings. The van der Waals surface area contributed by atoms with Gasteiger partial charge >= 0.3 is 6.03 Å². The molecule has 2 heterocycles.